The topological polar surface area (TPSA) is 101 Å². The van der Waals surface area contributed by atoms with Crippen molar-refractivity contribution in [1.29, 1.82) is 0 Å². The van der Waals surface area contributed by atoms with E-state index in [2.05, 4.69) is 16.7 Å². The van der Waals surface area contributed by atoms with Crippen molar-refractivity contribution >= 4 is 39.3 Å². The van der Waals surface area contributed by atoms with Gasteiger partial charge in [-0.15, -0.1) is 0 Å². The molecule has 0 unspecified atom stereocenters. The van der Waals surface area contributed by atoms with Gasteiger partial charge in [-0.25, -0.2) is 0 Å². The van der Waals surface area contributed by atoms with Gasteiger partial charge in [0.15, 0.2) is 0 Å². The molecule has 1 fully saturated rings. The molecule has 4 N–H and O–H groups in total. The Morgan fingerprint density at radius 3 is 2.21 bits per heavy atom. The van der Waals surface area contributed by atoms with Crippen LogP contribution in [0.15, 0.2) is 54.6 Å². The first-order valence-corrected chi connectivity index (χ1v) is 9.31. The van der Waals surface area contributed by atoms with Crippen LogP contribution >= 0.6 is 0 Å². The van der Waals surface area contributed by atoms with E-state index in [4.69, 9.17) is 5.73 Å². The smallest absolute Gasteiger partial charge is 0.243 e. The van der Waals surface area contributed by atoms with Gasteiger partial charge >= 0.3 is 0 Å². The summed E-state index contributed by atoms with van der Waals surface area (Å²) in [5, 5.41) is 9.52. The first kappa shape index (κ1) is 18.0. The fourth-order valence-corrected chi connectivity index (χ4v) is 3.84. The normalized spacial score (nSPS) is 17.4. The van der Waals surface area contributed by atoms with Crippen molar-refractivity contribution in [2.75, 3.05) is 0 Å². The molecule has 0 bridgehead atoms. The zero-order valence-electron chi connectivity index (χ0n) is 15.3. The summed E-state index contributed by atoms with van der Waals surface area (Å²) >= 11 is 0. The predicted molar refractivity (Wildman–Crippen MR) is 107 cm³/mol. The summed E-state index contributed by atoms with van der Waals surface area (Å²) < 4.78 is 0. The van der Waals surface area contributed by atoms with Crippen LogP contribution in [-0.2, 0) is 20.8 Å². The molecule has 0 saturated carbocycles. The van der Waals surface area contributed by atoms with Gasteiger partial charge in [0.25, 0.3) is 0 Å². The highest BCUT2D eigenvalue weighted by Crippen LogP contribution is 2.29. The van der Waals surface area contributed by atoms with Gasteiger partial charge in [0.05, 0.1) is 0 Å². The molecule has 2 atom stereocenters. The average Bonchev–Trinajstić information content (AvgIpc) is 3.13. The number of primary amides is 1. The number of nitrogens with one attached hydrogen (secondary N) is 2. The molecule has 4 rings (SSSR count). The molecule has 6 nitrogen and oxygen atoms in total. The quantitative estimate of drug-likeness (QED) is 0.593. The minimum absolute atomic E-state index is 0.157. The van der Waals surface area contributed by atoms with Crippen molar-refractivity contribution in [3.05, 3.63) is 60.2 Å². The van der Waals surface area contributed by atoms with E-state index in [-0.39, 0.29) is 18.2 Å². The maximum atomic E-state index is 12.5. The Balaban J connectivity index is 1.70. The Labute approximate surface area is 162 Å². The van der Waals surface area contributed by atoms with E-state index in [0.29, 0.717) is 12.8 Å². The summed E-state index contributed by atoms with van der Waals surface area (Å²) in [6.45, 7) is 0. The monoisotopic (exact) mass is 375 g/mol. The van der Waals surface area contributed by atoms with Crippen molar-refractivity contribution in [3.8, 4) is 0 Å². The summed E-state index contributed by atoms with van der Waals surface area (Å²) in [7, 11) is 0. The highest BCUT2D eigenvalue weighted by Gasteiger charge is 2.30. The lowest BCUT2D eigenvalue weighted by molar-refractivity contribution is -0.129. The summed E-state index contributed by atoms with van der Waals surface area (Å²) in [5.74, 6) is -1.13. The van der Waals surface area contributed by atoms with Gasteiger partial charge in [0.2, 0.25) is 17.7 Å². The molecule has 0 spiro atoms. The van der Waals surface area contributed by atoms with Crippen LogP contribution in [0.4, 0.5) is 0 Å². The lowest BCUT2D eigenvalue weighted by atomic mass is 9.92. The van der Waals surface area contributed by atoms with Gasteiger partial charge in [-0.3, -0.25) is 14.4 Å². The Morgan fingerprint density at radius 2 is 1.68 bits per heavy atom. The van der Waals surface area contributed by atoms with Crippen LogP contribution in [0.1, 0.15) is 18.4 Å². The summed E-state index contributed by atoms with van der Waals surface area (Å²) in [4.78, 5) is 36.0. The number of benzene rings is 3. The molecule has 6 heteroatoms. The fourth-order valence-electron chi connectivity index (χ4n) is 3.84. The highest BCUT2D eigenvalue weighted by atomic mass is 16.2. The van der Waals surface area contributed by atoms with Gasteiger partial charge < -0.3 is 16.4 Å². The summed E-state index contributed by atoms with van der Waals surface area (Å²) in [5.41, 5.74) is 6.57. The van der Waals surface area contributed by atoms with Crippen LogP contribution in [0.3, 0.4) is 0 Å². The Morgan fingerprint density at radius 1 is 1.07 bits per heavy atom. The molecular formula is C22H21N3O3. The third kappa shape index (κ3) is 3.41. The second-order valence-electron chi connectivity index (χ2n) is 7.12. The van der Waals surface area contributed by atoms with Crippen molar-refractivity contribution in [3.63, 3.8) is 0 Å². The fraction of sp³-hybridized carbons (Fsp3) is 0.227. The molecule has 1 heterocycles. The van der Waals surface area contributed by atoms with Crippen LogP contribution < -0.4 is 16.4 Å². The molecule has 3 aromatic carbocycles. The first-order valence-electron chi connectivity index (χ1n) is 9.31. The molecule has 1 aliphatic rings. The maximum Gasteiger partial charge on any atom is 0.243 e. The molecule has 28 heavy (non-hydrogen) atoms. The highest BCUT2D eigenvalue weighted by molar-refractivity contribution is 6.03. The van der Waals surface area contributed by atoms with E-state index in [0.717, 1.165) is 27.1 Å². The van der Waals surface area contributed by atoms with Crippen molar-refractivity contribution in [2.24, 2.45) is 5.73 Å². The van der Waals surface area contributed by atoms with Gasteiger partial charge in [-0.1, -0.05) is 48.5 Å². The van der Waals surface area contributed by atoms with Crippen molar-refractivity contribution in [2.45, 2.75) is 31.3 Å². The van der Waals surface area contributed by atoms with Gasteiger partial charge in [-0.05, 0) is 39.6 Å². The number of fused-ring (bicyclic) bond motifs is 2. The molecular weight excluding hydrogens is 354 g/mol. The minimum Gasteiger partial charge on any atom is -0.368 e. The molecule has 142 valence electrons. The van der Waals surface area contributed by atoms with E-state index in [1.54, 1.807) is 0 Å². The zero-order chi connectivity index (χ0) is 19.7. The SMILES string of the molecule is NC(=O)[C@H](Cc1c2ccccc2cc2ccccc12)NC(=O)[C@@H]1CCC(=O)N1. The molecule has 0 radical (unpaired) electrons. The second kappa shape index (κ2) is 7.31. The number of carbonyl (C=O) groups excluding carboxylic acids is 3. The number of hydrogen-bond acceptors (Lipinski definition) is 3. The van der Waals surface area contributed by atoms with Crippen molar-refractivity contribution < 1.29 is 14.4 Å². The standard InChI is InChI=1S/C22H21N3O3/c23-21(27)19(25-22(28)18-9-10-20(26)24-18)12-17-15-7-3-1-5-13(15)11-14-6-2-4-8-16(14)17/h1-8,11,18-19H,9-10,12H2,(H2,23,27)(H,24,26)(H,25,28)/t18-,19-/m0/s1. The maximum absolute atomic E-state index is 12.5. The van der Waals surface area contributed by atoms with Crippen LogP contribution in [-0.4, -0.2) is 29.8 Å². The number of amides is 3. The Kier molecular flexibility index (Phi) is 4.69. The third-order valence-corrected chi connectivity index (χ3v) is 5.26. The summed E-state index contributed by atoms with van der Waals surface area (Å²) in [6, 6.07) is 16.5. The summed E-state index contributed by atoms with van der Waals surface area (Å²) in [6.07, 6.45) is 1.02. The zero-order valence-corrected chi connectivity index (χ0v) is 15.3. The van der Waals surface area contributed by atoms with E-state index >= 15 is 0 Å². The van der Waals surface area contributed by atoms with E-state index < -0.39 is 18.0 Å². The third-order valence-electron chi connectivity index (χ3n) is 5.26. The van der Waals surface area contributed by atoms with E-state index in [9.17, 15) is 14.4 Å². The minimum atomic E-state index is -0.862. The lowest BCUT2D eigenvalue weighted by Gasteiger charge is -2.20. The van der Waals surface area contributed by atoms with E-state index in [1.807, 2.05) is 48.5 Å². The van der Waals surface area contributed by atoms with Crippen LogP contribution in [0.2, 0.25) is 0 Å². The number of rotatable bonds is 5. The molecule has 1 aliphatic heterocycles. The molecule has 3 aromatic rings. The van der Waals surface area contributed by atoms with Crippen molar-refractivity contribution in [1.82, 2.24) is 10.6 Å². The lowest BCUT2D eigenvalue weighted by Crippen LogP contribution is -2.51. The molecule has 0 aromatic heterocycles. The van der Waals surface area contributed by atoms with Gasteiger partial charge in [-0.2, -0.15) is 0 Å². The van der Waals surface area contributed by atoms with Crippen LogP contribution in [0, 0.1) is 0 Å². The number of hydrogen-bond donors (Lipinski definition) is 3. The first-order chi connectivity index (χ1) is 13.5. The van der Waals surface area contributed by atoms with E-state index in [1.165, 1.54) is 0 Å². The largest absolute Gasteiger partial charge is 0.368 e. The van der Waals surface area contributed by atoms with Crippen LogP contribution in [0.5, 0.6) is 0 Å². The van der Waals surface area contributed by atoms with Crippen LogP contribution in [0.25, 0.3) is 21.5 Å². The number of nitrogens with two attached hydrogens (primary N) is 1. The molecule has 1 saturated heterocycles. The van der Waals surface area contributed by atoms with Gasteiger partial charge in [0.1, 0.15) is 12.1 Å². The predicted octanol–water partition coefficient (Wildman–Crippen LogP) is 1.78. The molecule has 0 aliphatic carbocycles. The Bertz CT molecular complexity index is 1040. The van der Waals surface area contributed by atoms with Gasteiger partial charge in [0, 0.05) is 12.8 Å². The average molecular weight is 375 g/mol. The molecule has 3 amide bonds. The Hall–Kier alpha value is -3.41. The second-order valence-corrected chi connectivity index (χ2v) is 7.12. The number of carbonyl (C=O) groups is 3.